The average molecular weight is 407 g/mol. The van der Waals surface area contributed by atoms with E-state index in [0.717, 1.165) is 17.7 Å². The van der Waals surface area contributed by atoms with Crippen molar-refractivity contribution in [3.05, 3.63) is 54.4 Å². The van der Waals surface area contributed by atoms with Gasteiger partial charge in [0.05, 0.1) is 19.9 Å². The fraction of sp³-hybridized carbons (Fsp3) is 0.273. The van der Waals surface area contributed by atoms with E-state index in [1.807, 2.05) is 18.2 Å². The van der Waals surface area contributed by atoms with E-state index >= 15 is 0 Å². The van der Waals surface area contributed by atoms with E-state index in [1.165, 1.54) is 14.2 Å². The molecular weight excluding hydrogens is 382 g/mol. The highest BCUT2D eigenvalue weighted by Crippen LogP contribution is 2.28. The number of pyridine rings is 1. The lowest BCUT2D eigenvalue weighted by molar-refractivity contribution is 0.0597. The minimum atomic E-state index is -0.458. The number of rotatable bonds is 8. The molecule has 8 nitrogen and oxygen atoms in total. The second-order valence-corrected chi connectivity index (χ2v) is 6.68. The third kappa shape index (κ3) is 5.02. The summed E-state index contributed by atoms with van der Waals surface area (Å²) >= 11 is 0. The van der Waals surface area contributed by atoms with Gasteiger partial charge in [0.25, 0.3) is 0 Å². The molecule has 2 aromatic heterocycles. The molecule has 0 saturated heterocycles. The Morgan fingerprint density at radius 1 is 1.10 bits per heavy atom. The average Bonchev–Trinajstić information content (AvgIpc) is 2.78. The van der Waals surface area contributed by atoms with E-state index in [2.05, 4.69) is 39.4 Å². The molecular formula is C22H25N5O3. The van der Waals surface area contributed by atoms with Crippen molar-refractivity contribution < 1.29 is 14.3 Å². The van der Waals surface area contributed by atoms with Crippen LogP contribution < -0.4 is 15.4 Å². The van der Waals surface area contributed by atoms with Crippen molar-refractivity contribution in [2.24, 2.45) is 0 Å². The Bertz CT molecular complexity index is 1010. The van der Waals surface area contributed by atoms with Crippen LogP contribution in [0.25, 0.3) is 11.3 Å². The van der Waals surface area contributed by atoms with Crippen molar-refractivity contribution in [2.45, 2.75) is 26.3 Å². The lowest BCUT2D eigenvalue weighted by atomic mass is 10.1. The van der Waals surface area contributed by atoms with Crippen LogP contribution in [0.15, 0.2) is 48.8 Å². The van der Waals surface area contributed by atoms with Gasteiger partial charge in [0.1, 0.15) is 17.1 Å². The molecule has 1 aromatic carbocycles. The number of aromatic nitrogens is 3. The van der Waals surface area contributed by atoms with Crippen molar-refractivity contribution in [3.8, 4) is 17.0 Å². The predicted molar refractivity (Wildman–Crippen MR) is 116 cm³/mol. The lowest BCUT2D eigenvalue weighted by Crippen LogP contribution is -2.16. The summed E-state index contributed by atoms with van der Waals surface area (Å²) in [6.07, 6.45) is 4.39. The van der Waals surface area contributed by atoms with Gasteiger partial charge in [-0.3, -0.25) is 4.98 Å². The highest BCUT2D eigenvalue weighted by atomic mass is 16.5. The maximum Gasteiger partial charge on any atom is 0.341 e. The minimum absolute atomic E-state index is 0.227. The number of carbonyl (C=O) groups is 1. The van der Waals surface area contributed by atoms with E-state index in [-0.39, 0.29) is 6.04 Å². The van der Waals surface area contributed by atoms with Crippen LogP contribution in [-0.2, 0) is 4.74 Å². The maximum absolute atomic E-state index is 11.9. The molecule has 2 N–H and O–H groups in total. The Labute approximate surface area is 175 Å². The van der Waals surface area contributed by atoms with Crippen molar-refractivity contribution in [3.63, 3.8) is 0 Å². The first kappa shape index (κ1) is 21.0. The van der Waals surface area contributed by atoms with E-state index < -0.39 is 5.97 Å². The molecule has 0 spiro atoms. The maximum atomic E-state index is 11.9. The van der Waals surface area contributed by atoms with Crippen LogP contribution in [0.3, 0.4) is 0 Å². The number of nitrogens with one attached hydrogen (secondary N) is 2. The van der Waals surface area contributed by atoms with Crippen LogP contribution in [0.4, 0.5) is 17.5 Å². The molecule has 0 fully saturated rings. The smallest absolute Gasteiger partial charge is 0.341 e. The van der Waals surface area contributed by atoms with Gasteiger partial charge in [-0.25, -0.2) is 9.78 Å². The molecule has 2 heterocycles. The summed E-state index contributed by atoms with van der Waals surface area (Å²) in [5.74, 6) is 1.09. The molecule has 0 saturated carbocycles. The molecule has 0 bridgehead atoms. The normalized spacial score (nSPS) is 11.5. The molecule has 3 aromatic rings. The fourth-order valence-corrected chi connectivity index (χ4v) is 2.76. The van der Waals surface area contributed by atoms with Crippen LogP contribution in [0.2, 0.25) is 0 Å². The first-order chi connectivity index (χ1) is 14.5. The van der Waals surface area contributed by atoms with Crippen LogP contribution >= 0.6 is 0 Å². The monoisotopic (exact) mass is 407 g/mol. The number of esters is 1. The van der Waals surface area contributed by atoms with Crippen molar-refractivity contribution >= 4 is 23.4 Å². The third-order valence-electron chi connectivity index (χ3n) is 4.57. The number of methoxy groups -OCH3 is 2. The van der Waals surface area contributed by atoms with Gasteiger partial charge in [-0.15, -0.1) is 0 Å². The summed E-state index contributed by atoms with van der Waals surface area (Å²) in [6.45, 7) is 4.17. The second kappa shape index (κ2) is 9.69. The Morgan fingerprint density at radius 3 is 2.53 bits per heavy atom. The zero-order valence-corrected chi connectivity index (χ0v) is 17.5. The van der Waals surface area contributed by atoms with Gasteiger partial charge in [0, 0.05) is 41.8 Å². The highest BCUT2D eigenvalue weighted by molar-refractivity contribution is 5.93. The number of anilines is 3. The molecule has 8 heteroatoms. The highest BCUT2D eigenvalue weighted by Gasteiger charge is 2.14. The van der Waals surface area contributed by atoms with Crippen molar-refractivity contribution in [2.75, 3.05) is 24.9 Å². The van der Waals surface area contributed by atoms with Gasteiger partial charge in [0.15, 0.2) is 0 Å². The standard InChI is InChI=1S/C22H25N5O3/c1-5-14(2)24-22-26-18(15-8-10-23-11-9-15)13-20(27-22)25-16-6-7-17(21(28)30-4)19(12-16)29-3/h6-14H,5H2,1-4H3,(H2,24,25,26,27)/t14-/m0/s1. The fourth-order valence-electron chi connectivity index (χ4n) is 2.76. The number of hydrogen-bond acceptors (Lipinski definition) is 8. The summed E-state index contributed by atoms with van der Waals surface area (Å²) in [6, 6.07) is 11.0. The molecule has 0 aliphatic heterocycles. The van der Waals surface area contributed by atoms with Gasteiger partial charge in [-0.1, -0.05) is 6.92 Å². The zero-order valence-electron chi connectivity index (χ0n) is 17.5. The molecule has 3 rings (SSSR count). The van der Waals surface area contributed by atoms with Gasteiger partial charge in [0.2, 0.25) is 5.95 Å². The molecule has 0 aliphatic rings. The molecule has 30 heavy (non-hydrogen) atoms. The predicted octanol–water partition coefficient (Wildman–Crippen LogP) is 4.29. The Hall–Kier alpha value is -3.68. The first-order valence-corrected chi connectivity index (χ1v) is 9.63. The number of carbonyl (C=O) groups excluding carboxylic acids is 1. The topological polar surface area (TPSA) is 98.3 Å². The van der Waals surface area contributed by atoms with E-state index in [4.69, 9.17) is 9.47 Å². The SMILES string of the molecule is CC[C@H](C)Nc1nc(Nc2ccc(C(=O)OC)c(OC)c2)cc(-c2ccncc2)n1. The van der Waals surface area contributed by atoms with Crippen LogP contribution in [0.1, 0.15) is 30.6 Å². The van der Waals surface area contributed by atoms with Crippen LogP contribution in [-0.4, -0.2) is 41.2 Å². The number of nitrogens with zero attached hydrogens (tertiary/aromatic N) is 3. The Kier molecular flexibility index (Phi) is 6.79. The lowest BCUT2D eigenvalue weighted by Gasteiger charge is -2.15. The van der Waals surface area contributed by atoms with Gasteiger partial charge < -0.3 is 20.1 Å². The van der Waals surface area contributed by atoms with E-state index in [0.29, 0.717) is 28.8 Å². The molecule has 156 valence electrons. The zero-order chi connectivity index (χ0) is 21.5. The first-order valence-electron chi connectivity index (χ1n) is 9.63. The van der Waals surface area contributed by atoms with Crippen LogP contribution in [0.5, 0.6) is 5.75 Å². The number of benzene rings is 1. The quantitative estimate of drug-likeness (QED) is 0.534. The minimum Gasteiger partial charge on any atom is -0.496 e. The molecule has 0 radical (unpaired) electrons. The second-order valence-electron chi connectivity index (χ2n) is 6.68. The van der Waals surface area contributed by atoms with Crippen LogP contribution in [0, 0.1) is 0 Å². The van der Waals surface area contributed by atoms with E-state index in [9.17, 15) is 4.79 Å². The van der Waals surface area contributed by atoms with E-state index in [1.54, 1.807) is 30.6 Å². The summed E-state index contributed by atoms with van der Waals surface area (Å²) in [4.78, 5) is 25.2. The van der Waals surface area contributed by atoms with Crippen molar-refractivity contribution in [1.82, 2.24) is 15.0 Å². The summed E-state index contributed by atoms with van der Waals surface area (Å²) < 4.78 is 10.1. The Balaban J connectivity index is 1.96. The molecule has 0 amide bonds. The number of hydrogen-bond donors (Lipinski definition) is 2. The third-order valence-corrected chi connectivity index (χ3v) is 4.57. The largest absolute Gasteiger partial charge is 0.496 e. The van der Waals surface area contributed by atoms with Gasteiger partial charge in [-0.05, 0) is 37.6 Å². The summed E-state index contributed by atoms with van der Waals surface area (Å²) in [5, 5.41) is 6.58. The summed E-state index contributed by atoms with van der Waals surface area (Å²) in [7, 11) is 2.84. The summed E-state index contributed by atoms with van der Waals surface area (Å²) in [5.41, 5.74) is 2.76. The molecule has 0 unspecified atom stereocenters. The van der Waals surface area contributed by atoms with Gasteiger partial charge in [-0.2, -0.15) is 4.98 Å². The van der Waals surface area contributed by atoms with Crippen molar-refractivity contribution in [1.29, 1.82) is 0 Å². The Morgan fingerprint density at radius 2 is 1.87 bits per heavy atom. The number of ether oxygens (including phenoxy) is 2. The molecule has 1 atom stereocenters. The molecule has 0 aliphatic carbocycles. The van der Waals surface area contributed by atoms with Gasteiger partial charge >= 0.3 is 5.97 Å².